The smallest absolute Gasteiger partial charge is 0.251 e. The van der Waals surface area contributed by atoms with E-state index in [4.69, 9.17) is 11.6 Å². The van der Waals surface area contributed by atoms with E-state index in [0.29, 0.717) is 11.0 Å². The lowest BCUT2D eigenvalue weighted by Crippen LogP contribution is -2.28. The molecule has 0 spiro atoms. The number of carbonyl (C=O) groups is 1. The van der Waals surface area contributed by atoms with E-state index in [0.717, 1.165) is 33.9 Å². The van der Waals surface area contributed by atoms with Crippen LogP contribution in [-0.2, 0) is 11.2 Å². The van der Waals surface area contributed by atoms with Crippen LogP contribution in [0.25, 0.3) is 5.95 Å². The maximum atomic E-state index is 12.6. The summed E-state index contributed by atoms with van der Waals surface area (Å²) in [4.78, 5) is 21.6. The molecule has 3 aromatic rings. The van der Waals surface area contributed by atoms with Gasteiger partial charge in [-0.1, -0.05) is 23.7 Å². The van der Waals surface area contributed by atoms with Crippen LogP contribution in [0.4, 0.5) is 0 Å². The Labute approximate surface area is 170 Å². The molecule has 146 valence electrons. The molecule has 2 aromatic heterocycles. The molecule has 2 heterocycles. The lowest BCUT2D eigenvalue weighted by atomic mass is 10.1. The van der Waals surface area contributed by atoms with Crippen molar-refractivity contribution in [1.29, 1.82) is 0 Å². The van der Waals surface area contributed by atoms with Gasteiger partial charge in [0.15, 0.2) is 0 Å². The Hall–Kier alpha value is -2.73. The number of amides is 1. The predicted octanol–water partition coefficient (Wildman–Crippen LogP) is 3.97. The Kier molecular flexibility index (Phi) is 5.79. The summed E-state index contributed by atoms with van der Waals surface area (Å²) >= 11 is 5.93. The average molecular weight is 398 g/mol. The van der Waals surface area contributed by atoms with Crippen LogP contribution >= 0.6 is 11.6 Å². The van der Waals surface area contributed by atoms with Crippen LogP contribution in [0.3, 0.4) is 0 Å². The Balaban J connectivity index is 1.78. The van der Waals surface area contributed by atoms with E-state index in [1.54, 1.807) is 4.68 Å². The van der Waals surface area contributed by atoms with Gasteiger partial charge in [-0.25, -0.2) is 14.6 Å². The molecule has 0 saturated carbocycles. The van der Waals surface area contributed by atoms with Crippen molar-refractivity contribution in [2.75, 3.05) is 0 Å². The molecule has 0 aliphatic carbocycles. The maximum Gasteiger partial charge on any atom is 0.251 e. The van der Waals surface area contributed by atoms with Gasteiger partial charge < -0.3 is 5.32 Å². The van der Waals surface area contributed by atoms with Gasteiger partial charge >= 0.3 is 0 Å². The zero-order valence-corrected chi connectivity index (χ0v) is 17.5. The molecule has 0 saturated heterocycles. The first-order valence-corrected chi connectivity index (χ1v) is 9.55. The van der Waals surface area contributed by atoms with Crippen LogP contribution in [-0.4, -0.2) is 25.7 Å². The van der Waals surface area contributed by atoms with Gasteiger partial charge in [0.1, 0.15) is 0 Å². The maximum absolute atomic E-state index is 12.6. The molecule has 1 unspecified atom stereocenters. The molecule has 7 heteroatoms. The Morgan fingerprint density at radius 1 is 1.11 bits per heavy atom. The minimum absolute atomic E-state index is 0.0606. The molecule has 28 heavy (non-hydrogen) atoms. The van der Waals surface area contributed by atoms with Gasteiger partial charge in [0, 0.05) is 27.7 Å². The average Bonchev–Trinajstić information content (AvgIpc) is 2.89. The molecule has 1 aromatic carbocycles. The zero-order chi connectivity index (χ0) is 20.4. The third-order valence-electron chi connectivity index (χ3n) is 4.69. The molecule has 1 N–H and O–H groups in total. The van der Waals surface area contributed by atoms with E-state index < -0.39 is 0 Å². The van der Waals surface area contributed by atoms with Crippen LogP contribution in [0.1, 0.15) is 46.9 Å². The number of benzene rings is 1. The van der Waals surface area contributed by atoms with E-state index in [-0.39, 0.29) is 18.4 Å². The minimum atomic E-state index is -0.108. The number of aromatic nitrogens is 4. The highest BCUT2D eigenvalue weighted by Gasteiger charge is 2.19. The lowest BCUT2D eigenvalue weighted by molar-refractivity contribution is -0.121. The third kappa shape index (κ3) is 4.39. The van der Waals surface area contributed by atoms with Crippen molar-refractivity contribution in [2.45, 2.75) is 47.1 Å². The van der Waals surface area contributed by atoms with Crippen LogP contribution in [0.15, 0.2) is 30.3 Å². The van der Waals surface area contributed by atoms with Crippen molar-refractivity contribution in [3.05, 3.63) is 69.3 Å². The highest BCUT2D eigenvalue weighted by atomic mass is 35.5. The number of carbonyl (C=O) groups excluding carboxylic acids is 1. The van der Waals surface area contributed by atoms with Gasteiger partial charge in [0.25, 0.3) is 5.95 Å². The summed E-state index contributed by atoms with van der Waals surface area (Å²) in [7, 11) is 0. The molecule has 1 atom stereocenters. The standard InChI is InChI=1S/C21H24ClN5O/c1-12-10-13(2)24-21(23-12)27-16(5)19(15(4)26-27)11-20(28)25-14(3)17-6-8-18(22)9-7-17/h6-10,14H,11H2,1-5H3,(H,25,28). The van der Waals surface area contributed by atoms with E-state index in [9.17, 15) is 4.79 Å². The molecular weight excluding hydrogens is 374 g/mol. The second-order valence-corrected chi connectivity index (χ2v) is 7.47. The van der Waals surface area contributed by atoms with Crippen molar-refractivity contribution in [3.8, 4) is 5.95 Å². The zero-order valence-electron chi connectivity index (χ0n) is 16.7. The van der Waals surface area contributed by atoms with Gasteiger partial charge in [-0.05, 0) is 58.4 Å². The van der Waals surface area contributed by atoms with Gasteiger partial charge in [0.05, 0.1) is 18.2 Å². The van der Waals surface area contributed by atoms with Crippen molar-refractivity contribution < 1.29 is 4.79 Å². The van der Waals surface area contributed by atoms with Crippen molar-refractivity contribution >= 4 is 17.5 Å². The summed E-state index contributed by atoms with van der Waals surface area (Å²) in [5.41, 5.74) is 5.33. The minimum Gasteiger partial charge on any atom is -0.349 e. The monoisotopic (exact) mass is 397 g/mol. The molecule has 0 aliphatic heterocycles. The van der Waals surface area contributed by atoms with E-state index in [2.05, 4.69) is 20.4 Å². The van der Waals surface area contributed by atoms with E-state index in [1.807, 2.05) is 65.0 Å². The number of hydrogen-bond donors (Lipinski definition) is 1. The Bertz CT molecular complexity index is 990. The first-order chi connectivity index (χ1) is 13.2. The van der Waals surface area contributed by atoms with Crippen molar-refractivity contribution in [3.63, 3.8) is 0 Å². The molecule has 0 bridgehead atoms. The second kappa shape index (κ2) is 8.10. The molecular formula is C21H24ClN5O. The molecule has 1 amide bonds. The number of aryl methyl sites for hydroxylation is 3. The van der Waals surface area contributed by atoms with Gasteiger partial charge in [-0.15, -0.1) is 0 Å². The topological polar surface area (TPSA) is 72.7 Å². The summed E-state index contributed by atoms with van der Waals surface area (Å²) in [6.07, 6.45) is 0.250. The van der Waals surface area contributed by atoms with Crippen molar-refractivity contribution in [2.24, 2.45) is 0 Å². The number of halogens is 1. The predicted molar refractivity (Wildman–Crippen MR) is 110 cm³/mol. The van der Waals surface area contributed by atoms with Crippen LogP contribution in [0.5, 0.6) is 0 Å². The number of nitrogens with one attached hydrogen (secondary N) is 1. The normalized spacial score (nSPS) is 12.1. The highest BCUT2D eigenvalue weighted by Crippen LogP contribution is 2.19. The summed E-state index contributed by atoms with van der Waals surface area (Å²) in [6.45, 7) is 9.64. The fraction of sp³-hybridized carbons (Fsp3) is 0.333. The fourth-order valence-corrected chi connectivity index (χ4v) is 3.34. The highest BCUT2D eigenvalue weighted by molar-refractivity contribution is 6.30. The first-order valence-electron chi connectivity index (χ1n) is 9.17. The van der Waals surface area contributed by atoms with E-state index >= 15 is 0 Å². The van der Waals surface area contributed by atoms with Crippen LogP contribution in [0, 0.1) is 27.7 Å². The van der Waals surface area contributed by atoms with Crippen LogP contribution in [0.2, 0.25) is 5.02 Å². The van der Waals surface area contributed by atoms with Crippen molar-refractivity contribution in [1.82, 2.24) is 25.1 Å². The summed E-state index contributed by atoms with van der Waals surface area (Å²) < 4.78 is 1.71. The number of nitrogens with zero attached hydrogens (tertiary/aromatic N) is 4. The fourth-order valence-electron chi connectivity index (χ4n) is 3.22. The quantitative estimate of drug-likeness (QED) is 0.707. The SMILES string of the molecule is Cc1cc(C)nc(-n2nc(C)c(CC(=O)NC(C)c3ccc(Cl)cc3)c2C)n1. The third-order valence-corrected chi connectivity index (χ3v) is 4.94. The number of rotatable bonds is 5. The molecule has 3 rings (SSSR count). The Morgan fingerprint density at radius 2 is 1.71 bits per heavy atom. The van der Waals surface area contributed by atoms with E-state index in [1.165, 1.54) is 0 Å². The summed E-state index contributed by atoms with van der Waals surface area (Å²) in [5.74, 6) is 0.467. The first kappa shape index (κ1) is 20.0. The number of hydrogen-bond acceptors (Lipinski definition) is 4. The second-order valence-electron chi connectivity index (χ2n) is 7.03. The largest absolute Gasteiger partial charge is 0.349 e. The molecule has 6 nitrogen and oxygen atoms in total. The Morgan fingerprint density at radius 3 is 2.32 bits per heavy atom. The molecule has 0 radical (unpaired) electrons. The van der Waals surface area contributed by atoms with Gasteiger partial charge in [0.2, 0.25) is 5.91 Å². The van der Waals surface area contributed by atoms with Gasteiger partial charge in [-0.2, -0.15) is 5.10 Å². The van der Waals surface area contributed by atoms with Crippen LogP contribution < -0.4 is 5.32 Å². The molecule has 0 aliphatic rings. The molecule has 0 fully saturated rings. The summed E-state index contributed by atoms with van der Waals surface area (Å²) in [5, 5.41) is 8.27. The summed E-state index contributed by atoms with van der Waals surface area (Å²) in [6, 6.07) is 9.28. The lowest BCUT2D eigenvalue weighted by Gasteiger charge is -2.14. The van der Waals surface area contributed by atoms with Gasteiger partial charge in [-0.3, -0.25) is 4.79 Å².